The van der Waals surface area contributed by atoms with Crippen LogP contribution in [0.25, 0.3) is 0 Å². The zero-order valence-corrected chi connectivity index (χ0v) is 10.7. The molecule has 1 heterocycles. The van der Waals surface area contributed by atoms with Crippen LogP contribution in [0.1, 0.15) is 10.8 Å². The van der Waals surface area contributed by atoms with Crippen molar-refractivity contribution in [2.75, 3.05) is 13.2 Å². The van der Waals surface area contributed by atoms with Crippen LogP contribution >= 0.6 is 22.9 Å². The van der Waals surface area contributed by atoms with Crippen LogP contribution in [-0.4, -0.2) is 18.3 Å². The first-order valence-electron chi connectivity index (χ1n) is 5.32. The molecule has 2 nitrogen and oxygen atoms in total. The van der Waals surface area contributed by atoms with E-state index < -0.39 is 0 Å². The lowest BCUT2D eigenvalue weighted by Gasteiger charge is -2.13. The molecule has 1 N–H and O–H groups in total. The smallest absolute Gasteiger partial charge is 0.119 e. The molecule has 0 amide bonds. The fourth-order valence-electron chi connectivity index (χ4n) is 1.48. The van der Waals surface area contributed by atoms with E-state index in [9.17, 15) is 5.11 Å². The summed E-state index contributed by atoms with van der Waals surface area (Å²) in [6, 6.07) is 11.2. The second kappa shape index (κ2) is 6.05. The number of hydrogen-bond donors (Lipinski definition) is 1. The number of halogens is 1. The number of hydrogen-bond acceptors (Lipinski definition) is 3. The molecule has 0 fully saturated rings. The van der Waals surface area contributed by atoms with Gasteiger partial charge in [0.25, 0.3) is 0 Å². The highest BCUT2D eigenvalue weighted by molar-refractivity contribution is 7.10. The van der Waals surface area contributed by atoms with Crippen LogP contribution in [0.3, 0.4) is 0 Å². The summed E-state index contributed by atoms with van der Waals surface area (Å²) >= 11 is 7.42. The average molecular weight is 269 g/mol. The van der Waals surface area contributed by atoms with Gasteiger partial charge in [0.1, 0.15) is 5.75 Å². The number of benzene rings is 1. The van der Waals surface area contributed by atoms with Gasteiger partial charge in [-0.2, -0.15) is 0 Å². The van der Waals surface area contributed by atoms with Crippen LogP contribution < -0.4 is 4.74 Å². The first-order chi connectivity index (χ1) is 8.29. The van der Waals surface area contributed by atoms with Gasteiger partial charge in [0.2, 0.25) is 0 Å². The zero-order chi connectivity index (χ0) is 12.1. The van der Waals surface area contributed by atoms with Crippen molar-refractivity contribution in [3.63, 3.8) is 0 Å². The third-order valence-corrected chi connectivity index (χ3v) is 3.72. The lowest BCUT2D eigenvalue weighted by atomic mass is 10.1. The molecule has 0 aliphatic rings. The zero-order valence-electron chi connectivity index (χ0n) is 9.17. The molecule has 0 saturated heterocycles. The number of aliphatic hydroxyl groups excluding tert-OH is 1. The van der Waals surface area contributed by atoms with Gasteiger partial charge in [-0.05, 0) is 35.7 Å². The Morgan fingerprint density at radius 3 is 2.59 bits per heavy atom. The molecule has 2 aromatic rings. The van der Waals surface area contributed by atoms with E-state index in [1.54, 1.807) is 23.5 Å². The Bertz CT molecular complexity index is 439. The average Bonchev–Trinajstić information content (AvgIpc) is 2.86. The number of ether oxygens (including phenoxy) is 1. The Labute approximate surface area is 109 Å². The summed E-state index contributed by atoms with van der Waals surface area (Å²) in [5.74, 6) is 0.801. The summed E-state index contributed by atoms with van der Waals surface area (Å²) in [7, 11) is 0. The minimum Gasteiger partial charge on any atom is -0.493 e. The highest BCUT2D eigenvalue weighted by Crippen LogP contribution is 2.23. The van der Waals surface area contributed by atoms with Crippen LogP contribution in [0.2, 0.25) is 5.02 Å². The fourth-order valence-corrected chi connectivity index (χ4v) is 2.41. The third-order valence-electron chi connectivity index (χ3n) is 2.43. The van der Waals surface area contributed by atoms with Gasteiger partial charge < -0.3 is 9.84 Å². The third kappa shape index (κ3) is 3.46. The highest BCUT2D eigenvalue weighted by Gasteiger charge is 2.12. The largest absolute Gasteiger partial charge is 0.493 e. The van der Waals surface area contributed by atoms with Crippen molar-refractivity contribution in [3.8, 4) is 5.75 Å². The van der Waals surface area contributed by atoms with Gasteiger partial charge in [0.05, 0.1) is 19.1 Å². The SMILES string of the molecule is OCC(COc1ccc(Cl)cc1)c1cccs1. The predicted molar refractivity (Wildman–Crippen MR) is 71.1 cm³/mol. The van der Waals surface area contributed by atoms with Crippen molar-refractivity contribution in [2.45, 2.75) is 5.92 Å². The predicted octanol–water partition coefficient (Wildman–Crippen LogP) is 3.56. The van der Waals surface area contributed by atoms with Gasteiger partial charge in [0, 0.05) is 9.90 Å². The molecule has 0 saturated carbocycles. The molecule has 1 atom stereocenters. The quantitative estimate of drug-likeness (QED) is 0.899. The molecule has 0 spiro atoms. The van der Waals surface area contributed by atoms with Crippen LogP contribution in [0.5, 0.6) is 5.75 Å². The maximum absolute atomic E-state index is 9.33. The van der Waals surface area contributed by atoms with E-state index in [0.717, 1.165) is 10.6 Å². The Kier molecular flexibility index (Phi) is 4.42. The second-order valence-corrected chi connectivity index (χ2v) is 5.08. The van der Waals surface area contributed by atoms with Crippen LogP contribution in [0.4, 0.5) is 0 Å². The van der Waals surface area contributed by atoms with E-state index in [2.05, 4.69) is 0 Å². The second-order valence-electron chi connectivity index (χ2n) is 3.66. The fraction of sp³-hybridized carbons (Fsp3) is 0.231. The summed E-state index contributed by atoms with van der Waals surface area (Å²) in [5.41, 5.74) is 0. The molecular weight excluding hydrogens is 256 g/mol. The molecule has 0 bridgehead atoms. The van der Waals surface area contributed by atoms with Crippen molar-refractivity contribution in [2.24, 2.45) is 0 Å². The minimum atomic E-state index is 0.0330. The Hall–Kier alpha value is -1.03. The van der Waals surface area contributed by atoms with Crippen molar-refractivity contribution in [3.05, 3.63) is 51.7 Å². The Morgan fingerprint density at radius 1 is 1.24 bits per heavy atom. The first-order valence-corrected chi connectivity index (χ1v) is 6.58. The number of rotatable bonds is 5. The lowest BCUT2D eigenvalue weighted by Crippen LogP contribution is -2.12. The van der Waals surface area contributed by atoms with E-state index in [1.165, 1.54) is 0 Å². The Morgan fingerprint density at radius 2 is 2.00 bits per heavy atom. The van der Waals surface area contributed by atoms with E-state index in [0.29, 0.717) is 11.6 Å². The number of aliphatic hydroxyl groups is 1. The van der Waals surface area contributed by atoms with E-state index in [1.807, 2.05) is 29.6 Å². The molecule has 0 radical (unpaired) electrons. The molecule has 4 heteroatoms. The van der Waals surface area contributed by atoms with E-state index >= 15 is 0 Å². The molecule has 1 unspecified atom stereocenters. The normalized spacial score (nSPS) is 12.4. The van der Waals surface area contributed by atoms with Gasteiger partial charge in [-0.1, -0.05) is 17.7 Å². The van der Waals surface area contributed by atoms with E-state index in [-0.39, 0.29) is 12.5 Å². The van der Waals surface area contributed by atoms with Crippen LogP contribution in [-0.2, 0) is 0 Å². The van der Waals surface area contributed by atoms with Gasteiger partial charge >= 0.3 is 0 Å². The molecule has 1 aromatic carbocycles. The molecule has 0 aliphatic heterocycles. The summed E-state index contributed by atoms with van der Waals surface area (Å²) in [5, 5.41) is 12.0. The van der Waals surface area contributed by atoms with Crippen molar-refractivity contribution in [1.82, 2.24) is 0 Å². The maximum Gasteiger partial charge on any atom is 0.119 e. The van der Waals surface area contributed by atoms with E-state index in [4.69, 9.17) is 16.3 Å². The molecule has 1 aromatic heterocycles. The summed E-state index contributed by atoms with van der Waals surface area (Å²) < 4.78 is 5.63. The van der Waals surface area contributed by atoms with Gasteiger partial charge in [-0.15, -0.1) is 11.3 Å². The molecule has 17 heavy (non-hydrogen) atoms. The van der Waals surface area contributed by atoms with Gasteiger partial charge in [0.15, 0.2) is 0 Å². The van der Waals surface area contributed by atoms with Gasteiger partial charge in [-0.3, -0.25) is 0 Å². The summed E-state index contributed by atoms with van der Waals surface area (Å²) in [6.45, 7) is 0.562. The van der Waals surface area contributed by atoms with Gasteiger partial charge in [-0.25, -0.2) is 0 Å². The molecular formula is C13H13ClO2S. The standard InChI is InChI=1S/C13H13ClO2S/c14-11-3-5-12(6-4-11)16-9-10(8-15)13-2-1-7-17-13/h1-7,10,15H,8-9H2. The molecule has 2 rings (SSSR count). The molecule has 0 aliphatic carbocycles. The highest BCUT2D eigenvalue weighted by atomic mass is 35.5. The monoisotopic (exact) mass is 268 g/mol. The van der Waals surface area contributed by atoms with Crippen LogP contribution in [0.15, 0.2) is 41.8 Å². The minimum absolute atomic E-state index is 0.0330. The lowest BCUT2D eigenvalue weighted by molar-refractivity contribution is 0.207. The Balaban J connectivity index is 1.94. The number of thiophene rings is 1. The van der Waals surface area contributed by atoms with Crippen molar-refractivity contribution < 1.29 is 9.84 Å². The summed E-state index contributed by atoms with van der Waals surface area (Å²) in [6.07, 6.45) is 0. The topological polar surface area (TPSA) is 29.5 Å². The van der Waals surface area contributed by atoms with Crippen LogP contribution in [0, 0.1) is 0 Å². The first kappa shape index (κ1) is 12.4. The maximum atomic E-state index is 9.33. The summed E-state index contributed by atoms with van der Waals surface area (Å²) in [4.78, 5) is 1.14. The van der Waals surface area contributed by atoms with Crippen molar-refractivity contribution in [1.29, 1.82) is 0 Å². The molecule has 90 valence electrons. The van der Waals surface area contributed by atoms with Crippen molar-refractivity contribution >= 4 is 22.9 Å².